The van der Waals surface area contributed by atoms with E-state index in [0.717, 1.165) is 11.8 Å². The second-order valence-corrected chi connectivity index (χ2v) is 10.8. The van der Waals surface area contributed by atoms with E-state index < -0.39 is 21.6 Å². The molecule has 0 aliphatic heterocycles. The van der Waals surface area contributed by atoms with Gasteiger partial charge in [-0.25, -0.2) is 18.4 Å². The number of fused-ring (bicyclic) bond motifs is 1. The van der Waals surface area contributed by atoms with Gasteiger partial charge in [-0.1, -0.05) is 24.3 Å². The third kappa shape index (κ3) is 4.99. The smallest absolute Gasteiger partial charge is 0.299 e. The van der Waals surface area contributed by atoms with Crippen LogP contribution < -0.4 is 0 Å². The molecule has 10 heteroatoms. The number of nitrogens with zero attached hydrogens (tertiary/aromatic N) is 3. The molecule has 0 spiro atoms. The van der Waals surface area contributed by atoms with Crippen LogP contribution in [-0.2, 0) is 33.0 Å². The highest BCUT2D eigenvalue weighted by atomic mass is 32.2. The topological polar surface area (TPSA) is 89.9 Å². The normalized spacial score (nSPS) is 17.8. The molecule has 6 nitrogen and oxygen atoms in total. The van der Waals surface area contributed by atoms with Crippen LogP contribution in [0.5, 0.6) is 0 Å². The fraction of sp³-hybridized carbons (Fsp3) is 0.231. The molecule has 0 N–H and O–H groups in total. The molecule has 2 atom stereocenters. The molecule has 0 saturated heterocycles. The highest BCUT2D eigenvalue weighted by Gasteiger charge is 2.43. The van der Waals surface area contributed by atoms with Gasteiger partial charge in [-0.05, 0) is 53.1 Å². The summed E-state index contributed by atoms with van der Waals surface area (Å²) in [5, 5.41) is 0.382. The van der Waals surface area contributed by atoms with Crippen LogP contribution in [0.15, 0.2) is 78.2 Å². The largest absolute Gasteiger partial charge is 0.418 e. The van der Waals surface area contributed by atoms with Crippen LogP contribution in [-0.4, -0.2) is 29.2 Å². The first-order valence-corrected chi connectivity index (χ1v) is 12.8. The summed E-state index contributed by atoms with van der Waals surface area (Å²) in [4.78, 5) is 24.6. The first kappa shape index (κ1) is 24.1. The van der Waals surface area contributed by atoms with Crippen molar-refractivity contribution in [1.29, 1.82) is 0 Å². The molecule has 5 rings (SSSR count). The predicted molar refractivity (Wildman–Crippen MR) is 126 cm³/mol. The van der Waals surface area contributed by atoms with Gasteiger partial charge < -0.3 is 0 Å². The first-order chi connectivity index (χ1) is 17.1. The Hall–Kier alpha value is -3.66. The Kier molecular flexibility index (Phi) is 6.07. The molecule has 1 aliphatic rings. The van der Waals surface area contributed by atoms with Crippen LogP contribution in [0, 0.1) is 5.92 Å². The Morgan fingerprint density at radius 3 is 2.42 bits per heavy atom. The molecule has 1 aliphatic carbocycles. The van der Waals surface area contributed by atoms with Crippen molar-refractivity contribution in [3.63, 3.8) is 0 Å². The zero-order valence-electron chi connectivity index (χ0n) is 18.8. The van der Waals surface area contributed by atoms with Gasteiger partial charge in [0.1, 0.15) is 17.4 Å². The van der Waals surface area contributed by atoms with Gasteiger partial charge >= 0.3 is 6.18 Å². The third-order valence-electron chi connectivity index (χ3n) is 6.32. The minimum Gasteiger partial charge on any atom is -0.299 e. The van der Waals surface area contributed by atoms with Gasteiger partial charge in [-0.3, -0.25) is 9.78 Å². The molecule has 1 unspecified atom stereocenters. The van der Waals surface area contributed by atoms with Gasteiger partial charge in [-0.15, -0.1) is 0 Å². The molecule has 0 bridgehead atoms. The van der Waals surface area contributed by atoms with Crippen molar-refractivity contribution in [2.75, 3.05) is 0 Å². The second-order valence-electron chi connectivity index (χ2n) is 8.83. The summed E-state index contributed by atoms with van der Waals surface area (Å²) in [6, 6.07) is 12.7. The lowest BCUT2D eigenvalue weighted by Gasteiger charge is -2.11. The molecule has 0 radical (unpaired) electrons. The number of hydrogen-bond acceptors (Lipinski definition) is 6. The molecule has 36 heavy (non-hydrogen) atoms. The number of benzene rings is 2. The van der Waals surface area contributed by atoms with E-state index in [0.29, 0.717) is 17.4 Å². The number of Topliss-reactive ketones (excluding diaryl/α,β-unsaturated/α-hetero) is 1. The van der Waals surface area contributed by atoms with E-state index in [4.69, 9.17) is 0 Å². The third-order valence-corrected chi connectivity index (χ3v) is 7.95. The number of halogens is 3. The number of sulfone groups is 1. The lowest BCUT2D eigenvalue weighted by Crippen LogP contribution is -2.09. The predicted octanol–water partition coefficient (Wildman–Crippen LogP) is 4.93. The van der Waals surface area contributed by atoms with Gasteiger partial charge in [0.2, 0.25) is 0 Å². The fourth-order valence-corrected chi connectivity index (χ4v) is 5.58. The summed E-state index contributed by atoms with van der Waals surface area (Å²) < 4.78 is 65.3. The minimum atomic E-state index is -4.54. The summed E-state index contributed by atoms with van der Waals surface area (Å²) in [6.07, 6.45) is 1.23. The Labute approximate surface area is 205 Å². The van der Waals surface area contributed by atoms with Crippen LogP contribution in [0.25, 0.3) is 10.8 Å². The molecule has 184 valence electrons. The zero-order chi connectivity index (χ0) is 25.5. The zero-order valence-corrected chi connectivity index (χ0v) is 19.6. The van der Waals surface area contributed by atoms with Gasteiger partial charge in [0.05, 0.1) is 10.5 Å². The van der Waals surface area contributed by atoms with Gasteiger partial charge in [0, 0.05) is 42.5 Å². The number of hydrogen-bond donors (Lipinski definition) is 0. The lowest BCUT2D eigenvalue weighted by molar-refractivity contribution is -0.136. The maximum absolute atomic E-state index is 13.3. The highest BCUT2D eigenvalue weighted by Crippen LogP contribution is 2.48. The van der Waals surface area contributed by atoms with E-state index in [1.807, 2.05) is 0 Å². The van der Waals surface area contributed by atoms with Crippen molar-refractivity contribution in [2.24, 2.45) is 5.92 Å². The molecular weight excluding hydrogens is 491 g/mol. The van der Waals surface area contributed by atoms with Crippen molar-refractivity contribution in [3.05, 3.63) is 95.8 Å². The van der Waals surface area contributed by atoms with E-state index in [2.05, 4.69) is 15.0 Å². The standard InChI is InChI=1S/C26H20F3N3O3S/c27-26(28,29)23-14-30-13-18-3-2-16(10-21(18)23)11-24(33)22-12-20(22)17-4-6-19(7-5-17)36(34,35)15-25-31-8-1-9-32-25/h1-10,13-14,20,22H,11-12,15H2/t20?,22-/m1/s1. The Morgan fingerprint density at radius 1 is 1.00 bits per heavy atom. The van der Waals surface area contributed by atoms with Crippen molar-refractivity contribution in [1.82, 2.24) is 15.0 Å². The summed E-state index contributed by atoms with van der Waals surface area (Å²) >= 11 is 0. The van der Waals surface area contributed by atoms with Gasteiger partial charge in [0.25, 0.3) is 0 Å². The van der Waals surface area contributed by atoms with E-state index in [1.165, 1.54) is 36.8 Å². The van der Waals surface area contributed by atoms with E-state index >= 15 is 0 Å². The highest BCUT2D eigenvalue weighted by molar-refractivity contribution is 7.90. The second kappa shape index (κ2) is 9.09. The molecular formula is C26H20F3N3O3S. The SMILES string of the molecule is O=C(Cc1ccc2cncc(C(F)(F)F)c2c1)[C@@H]1CC1c1ccc(S(=O)(=O)Cc2ncccn2)cc1. The quantitative estimate of drug-likeness (QED) is 0.350. The molecule has 2 heterocycles. The van der Waals surface area contributed by atoms with Crippen LogP contribution in [0.3, 0.4) is 0 Å². The maximum atomic E-state index is 13.3. The number of pyridine rings is 1. The van der Waals surface area contributed by atoms with Crippen LogP contribution >= 0.6 is 0 Å². The molecule has 1 fully saturated rings. The van der Waals surface area contributed by atoms with Crippen LogP contribution in [0.4, 0.5) is 13.2 Å². The fourth-order valence-electron chi connectivity index (χ4n) is 4.38. The van der Waals surface area contributed by atoms with E-state index in [1.54, 1.807) is 30.3 Å². The number of alkyl halides is 3. The lowest BCUT2D eigenvalue weighted by atomic mass is 9.99. The summed E-state index contributed by atoms with van der Waals surface area (Å²) in [5.41, 5.74) is 0.541. The molecule has 2 aromatic heterocycles. The van der Waals surface area contributed by atoms with Crippen molar-refractivity contribution >= 4 is 26.4 Å². The van der Waals surface area contributed by atoms with E-state index in [-0.39, 0.29) is 45.9 Å². The molecule has 0 amide bonds. The number of aromatic nitrogens is 3. The molecule has 2 aromatic carbocycles. The minimum absolute atomic E-state index is 0.0212. The van der Waals surface area contributed by atoms with Crippen molar-refractivity contribution in [2.45, 2.75) is 35.6 Å². The number of carbonyl (C=O) groups excluding carboxylic acids is 1. The van der Waals surface area contributed by atoms with Gasteiger partial charge in [-0.2, -0.15) is 13.2 Å². The average Bonchev–Trinajstić information content (AvgIpc) is 3.65. The average molecular weight is 512 g/mol. The van der Waals surface area contributed by atoms with Crippen LogP contribution in [0.2, 0.25) is 0 Å². The van der Waals surface area contributed by atoms with Crippen LogP contribution in [0.1, 0.15) is 34.9 Å². The van der Waals surface area contributed by atoms with Gasteiger partial charge in [0.15, 0.2) is 9.84 Å². The number of ketones is 1. The Balaban J connectivity index is 1.27. The number of carbonyl (C=O) groups is 1. The summed E-state index contributed by atoms with van der Waals surface area (Å²) in [7, 11) is -3.61. The van der Waals surface area contributed by atoms with Crippen molar-refractivity contribution in [3.8, 4) is 0 Å². The maximum Gasteiger partial charge on any atom is 0.418 e. The Bertz CT molecular complexity index is 1540. The number of rotatable bonds is 7. The van der Waals surface area contributed by atoms with E-state index in [9.17, 15) is 26.4 Å². The monoisotopic (exact) mass is 511 g/mol. The molecule has 4 aromatic rings. The summed E-state index contributed by atoms with van der Waals surface area (Å²) in [6.45, 7) is 0. The summed E-state index contributed by atoms with van der Waals surface area (Å²) in [5.74, 6) is -0.445. The Morgan fingerprint density at radius 2 is 1.72 bits per heavy atom. The van der Waals surface area contributed by atoms with Crippen molar-refractivity contribution < 1.29 is 26.4 Å². The first-order valence-electron chi connectivity index (χ1n) is 11.2. The molecule has 1 saturated carbocycles.